The Labute approximate surface area is 128 Å². The van der Waals surface area contributed by atoms with Crippen LogP contribution in [0.2, 0.25) is 0 Å². The molecule has 0 atom stereocenters. The molecule has 22 heavy (non-hydrogen) atoms. The minimum atomic E-state index is -0.313. The van der Waals surface area contributed by atoms with E-state index in [1.54, 1.807) is 12.1 Å². The van der Waals surface area contributed by atoms with Gasteiger partial charge in [0.25, 0.3) is 0 Å². The lowest BCUT2D eigenvalue weighted by Gasteiger charge is -2.33. The fraction of sp³-hybridized carbons (Fsp3) is 0.375. The van der Waals surface area contributed by atoms with Crippen LogP contribution in [0.4, 0.5) is 10.3 Å². The van der Waals surface area contributed by atoms with Gasteiger partial charge in [0.05, 0.1) is 0 Å². The van der Waals surface area contributed by atoms with Gasteiger partial charge in [-0.05, 0) is 30.8 Å². The Balaban J connectivity index is 1.86. The van der Waals surface area contributed by atoms with Gasteiger partial charge >= 0.3 is 0 Å². The normalized spacial score (nSPS) is 15.8. The summed E-state index contributed by atoms with van der Waals surface area (Å²) in [5, 5.41) is 9.28. The molecule has 0 spiro atoms. The molecular weight excluding hydrogens is 283 g/mol. The number of piperazine rings is 1. The van der Waals surface area contributed by atoms with Gasteiger partial charge in [0, 0.05) is 31.7 Å². The van der Waals surface area contributed by atoms with Gasteiger partial charge in [0.15, 0.2) is 0 Å². The summed E-state index contributed by atoms with van der Waals surface area (Å²) in [5.41, 5.74) is 0.945. The largest absolute Gasteiger partial charge is 0.419 e. The van der Waals surface area contributed by atoms with E-state index >= 15 is 0 Å². The van der Waals surface area contributed by atoms with Gasteiger partial charge < -0.3 is 14.2 Å². The highest BCUT2D eigenvalue weighted by Gasteiger charge is 2.23. The SMILES string of the molecule is CCN1CCN(c2oc(-c3ccc(F)cc3)nc2C#N)CC1. The van der Waals surface area contributed by atoms with Crippen molar-refractivity contribution in [3.63, 3.8) is 0 Å². The van der Waals surface area contributed by atoms with E-state index in [2.05, 4.69) is 22.9 Å². The van der Waals surface area contributed by atoms with Crippen molar-refractivity contribution in [1.29, 1.82) is 5.26 Å². The molecule has 2 heterocycles. The molecular formula is C16H17FN4O. The second-order valence-corrected chi connectivity index (χ2v) is 5.21. The molecule has 1 fully saturated rings. The Hall–Kier alpha value is -2.39. The van der Waals surface area contributed by atoms with Crippen LogP contribution in [-0.4, -0.2) is 42.6 Å². The maximum Gasteiger partial charge on any atom is 0.235 e. The van der Waals surface area contributed by atoms with Gasteiger partial charge in [-0.15, -0.1) is 0 Å². The Morgan fingerprint density at radius 3 is 2.50 bits per heavy atom. The summed E-state index contributed by atoms with van der Waals surface area (Å²) >= 11 is 0. The van der Waals surface area contributed by atoms with Gasteiger partial charge in [-0.25, -0.2) is 4.39 Å². The summed E-state index contributed by atoms with van der Waals surface area (Å²) in [7, 11) is 0. The number of halogens is 1. The molecule has 1 aliphatic rings. The summed E-state index contributed by atoms with van der Waals surface area (Å²) in [6.45, 7) is 6.65. The van der Waals surface area contributed by atoms with Crippen molar-refractivity contribution in [2.45, 2.75) is 6.92 Å². The summed E-state index contributed by atoms with van der Waals surface area (Å²) in [4.78, 5) is 8.63. The fourth-order valence-electron chi connectivity index (χ4n) is 2.58. The second kappa shape index (κ2) is 6.16. The summed E-state index contributed by atoms with van der Waals surface area (Å²) in [5.74, 6) is 0.550. The molecule has 0 radical (unpaired) electrons. The molecule has 1 aromatic carbocycles. The van der Waals surface area contributed by atoms with Crippen LogP contribution in [0.5, 0.6) is 0 Å². The molecule has 0 unspecified atom stereocenters. The number of hydrogen-bond donors (Lipinski definition) is 0. The van der Waals surface area contributed by atoms with E-state index in [-0.39, 0.29) is 11.5 Å². The van der Waals surface area contributed by atoms with Crippen LogP contribution >= 0.6 is 0 Å². The number of benzene rings is 1. The van der Waals surface area contributed by atoms with E-state index < -0.39 is 0 Å². The highest BCUT2D eigenvalue weighted by molar-refractivity contribution is 5.59. The highest BCUT2D eigenvalue weighted by atomic mass is 19.1. The first-order chi connectivity index (χ1) is 10.7. The van der Waals surface area contributed by atoms with Crippen LogP contribution in [0.3, 0.4) is 0 Å². The average molecular weight is 300 g/mol. The molecule has 114 valence electrons. The molecule has 1 saturated heterocycles. The number of rotatable bonds is 3. The van der Waals surface area contributed by atoms with Crippen LogP contribution < -0.4 is 4.90 Å². The number of hydrogen-bond acceptors (Lipinski definition) is 5. The van der Waals surface area contributed by atoms with Gasteiger partial charge in [-0.1, -0.05) is 6.92 Å². The van der Waals surface area contributed by atoms with Gasteiger partial charge in [0.2, 0.25) is 17.5 Å². The Bertz CT molecular complexity index is 681. The third-order valence-electron chi connectivity index (χ3n) is 3.91. The van der Waals surface area contributed by atoms with Crippen molar-refractivity contribution in [2.75, 3.05) is 37.6 Å². The highest BCUT2D eigenvalue weighted by Crippen LogP contribution is 2.28. The van der Waals surface area contributed by atoms with Crippen molar-refractivity contribution in [3.8, 4) is 17.5 Å². The van der Waals surface area contributed by atoms with Crippen molar-refractivity contribution in [3.05, 3.63) is 35.8 Å². The summed E-state index contributed by atoms with van der Waals surface area (Å²) < 4.78 is 18.8. The predicted octanol–water partition coefficient (Wildman–Crippen LogP) is 2.49. The molecule has 0 amide bonds. The van der Waals surface area contributed by atoms with Crippen LogP contribution in [0.25, 0.3) is 11.5 Å². The molecule has 0 bridgehead atoms. The third kappa shape index (κ3) is 2.81. The lowest BCUT2D eigenvalue weighted by atomic mass is 10.2. The molecule has 0 aliphatic carbocycles. The monoisotopic (exact) mass is 300 g/mol. The number of likely N-dealkylation sites (N-methyl/N-ethyl adjacent to an activating group) is 1. The van der Waals surface area contributed by atoms with E-state index in [9.17, 15) is 9.65 Å². The van der Waals surface area contributed by atoms with Crippen molar-refractivity contribution in [1.82, 2.24) is 9.88 Å². The molecule has 0 N–H and O–H groups in total. The summed E-state index contributed by atoms with van der Waals surface area (Å²) in [6, 6.07) is 7.99. The van der Waals surface area contributed by atoms with Gasteiger partial charge in [-0.2, -0.15) is 10.2 Å². The maximum absolute atomic E-state index is 13.0. The lowest BCUT2D eigenvalue weighted by Crippen LogP contribution is -2.46. The Morgan fingerprint density at radius 2 is 1.91 bits per heavy atom. The first-order valence-electron chi connectivity index (χ1n) is 7.35. The van der Waals surface area contributed by atoms with Crippen LogP contribution in [-0.2, 0) is 0 Å². The zero-order valence-corrected chi connectivity index (χ0v) is 12.4. The molecule has 0 saturated carbocycles. The first-order valence-corrected chi connectivity index (χ1v) is 7.35. The quantitative estimate of drug-likeness (QED) is 0.871. The number of oxazole rings is 1. The van der Waals surface area contributed by atoms with E-state index in [4.69, 9.17) is 4.42 Å². The Morgan fingerprint density at radius 1 is 1.23 bits per heavy atom. The zero-order valence-electron chi connectivity index (χ0n) is 12.4. The van der Waals surface area contributed by atoms with Crippen LogP contribution in [0, 0.1) is 17.1 Å². The number of aromatic nitrogens is 1. The molecule has 5 nitrogen and oxygen atoms in total. The topological polar surface area (TPSA) is 56.3 Å². The van der Waals surface area contributed by atoms with Crippen LogP contribution in [0.1, 0.15) is 12.6 Å². The molecule has 1 aliphatic heterocycles. The Kier molecular flexibility index (Phi) is 4.07. The fourth-order valence-corrected chi connectivity index (χ4v) is 2.58. The lowest BCUT2D eigenvalue weighted by molar-refractivity contribution is 0.266. The average Bonchev–Trinajstić information content (AvgIpc) is 3.00. The van der Waals surface area contributed by atoms with Crippen molar-refractivity contribution < 1.29 is 8.81 Å². The van der Waals surface area contributed by atoms with Gasteiger partial charge in [0.1, 0.15) is 11.9 Å². The zero-order chi connectivity index (χ0) is 15.5. The smallest absolute Gasteiger partial charge is 0.235 e. The molecule has 2 aromatic rings. The first kappa shape index (κ1) is 14.5. The number of anilines is 1. The predicted molar refractivity (Wildman–Crippen MR) is 80.9 cm³/mol. The summed E-state index contributed by atoms with van der Waals surface area (Å²) in [6.07, 6.45) is 0. The third-order valence-corrected chi connectivity index (χ3v) is 3.91. The molecule has 6 heteroatoms. The van der Waals surface area contributed by atoms with E-state index in [0.29, 0.717) is 17.3 Å². The standard InChI is InChI=1S/C16H17FN4O/c1-2-20-7-9-21(10-8-20)16-14(11-18)19-15(22-16)12-3-5-13(17)6-4-12/h3-6H,2,7-10H2,1H3. The van der Waals surface area contributed by atoms with Crippen LogP contribution in [0.15, 0.2) is 28.7 Å². The van der Waals surface area contributed by atoms with E-state index in [1.165, 1.54) is 12.1 Å². The molecule has 1 aromatic heterocycles. The van der Waals surface area contributed by atoms with Gasteiger partial charge in [-0.3, -0.25) is 0 Å². The van der Waals surface area contributed by atoms with E-state index in [1.807, 2.05) is 4.90 Å². The number of nitriles is 1. The van der Waals surface area contributed by atoms with Crippen molar-refractivity contribution >= 4 is 5.88 Å². The molecule has 3 rings (SSSR count). The minimum Gasteiger partial charge on any atom is -0.419 e. The minimum absolute atomic E-state index is 0.282. The maximum atomic E-state index is 13.0. The second-order valence-electron chi connectivity index (χ2n) is 5.21. The van der Waals surface area contributed by atoms with E-state index in [0.717, 1.165) is 32.7 Å². The van der Waals surface area contributed by atoms with Crippen molar-refractivity contribution in [2.24, 2.45) is 0 Å². The number of nitrogens with zero attached hydrogens (tertiary/aromatic N) is 4.